The number of allylic oxidation sites excluding steroid dienone is 2. The van der Waals surface area contributed by atoms with E-state index in [2.05, 4.69) is 24.3 Å². The van der Waals surface area contributed by atoms with Crippen LogP contribution in [0.15, 0.2) is 45.2 Å². The van der Waals surface area contributed by atoms with Crippen LogP contribution in [0.2, 0.25) is 0 Å². The summed E-state index contributed by atoms with van der Waals surface area (Å²) >= 11 is 0. The normalized spacial score (nSPS) is 12.9. The number of aryl methyl sites for hydroxylation is 1. The van der Waals surface area contributed by atoms with Crippen molar-refractivity contribution in [2.24, 2.45) is 4.40 Å². The third-order valence-electron chi connectivity index (χ3n) is 3.71. The molecule has 0 unspecified atom stereocenters. The van der Waals surface area contributed by atoms with E-state index in [0.29, 0.717) is 0 Å². The Labute approximate surface area is 141 Å². The SMILES string of the molecule is CCCCC/C=C(/C=N/S(=O)(=O)c1ccc(C)cc1)CCCC. The van der Waals surface area contributed by atoms with Crippen LogP contribution in [0.3, 0.4) is 0 Å². The lowest BCUT2D eigenvalue weighted by molar-refractivity contribution is 0.598. The average molecular weight is 336 g/mol. The Morgan fingerprint density at radius 3 is 2.30 bits per heavy atom. The molecule has 0 aromatic heterocycles. The number of sulfonamides is 1. The molecule has 0 fully saturated rings. The second kappa shape index (κ2) is 10.4. The van der Waals surface area contributed by atoms with Gasteiger partial charge in [0.25, 0.3) is 10.0 Å². The van der Waals surface area contributed by atoms with Gasteiger partial charge in [0.1, 0.15) is 0 Å². The van der Waals surface area contributed by atoms with Gasteiger partial charge < -0.3 is 0 Å². The Morgan fingerprint density at radius 2 is 1.70 bits per heavy atom. The number of hydrogen-bond acceptors (Lipinski definition) is 2. The fourth-order valence-corrected chi connectivity index (χ4v) is 3.07. The topological polar surface area (TPSA) is 46.5 Å². The van der Waals surface area contributed by atoms with Crippen molar-refractivity contribution >= 4 is 16.2 Å². The molecule has 1 rings (SSSR count). The van der Waals surface area contributed by atoms with E-state index in [0.717, 1.165) is 43.2 Å². The maximum Gasteiger partial charge on any atom is 0.282 e. The number of hydrogen-bond donors (Lipinski definition) is 0. The summed E-state index contributed by atoms with van der Waals surface area (Å²) < 4.78 is 28.4. The molecule has 1 aromatic rings. The maximum absolute atomic E-state index is 12.3. The highest BCUT2D eigenvalue weighted by Gasteiger charge is 2.11. The zero-order chi connectivity index (χ0) is 17.1. The molecular formula is C19H29NO2S. The van der Waals surface area contributed by atoms with Crippen LogP contribution >= 0.6 is 0 Å². The summed E-state index contributed by atoms with van der Waals surface area (Å²) in [5.74, 6) is 0. The van der Waals surface area contributed by atoms with E-state index in [-0.39, 0.29) is 4.90 Å². The van der Waals surface area contributed by atoms with Gasteiger partial charge in [-0.1, -0.05) is 56.9 Å². The number of benzene rings is 1. The largest absolute Gasteiger partial charge is 0.282 e. The zero-order valence-corrected chi connectivity index (χ0v) is 15.4. The summed E-state index contributed by atoms with van der Waals surface area (Å²) in [6.07, 6.45) is 11.2. The summed E-state index contributed by atoms with van der Waals surface area (Å²) in [6, 6.07) is 6.80. The zero-order valence-electron chi connectivity index (χ0n) is 14.6. The molecule has 0 heterocycles. The highest BCUT2D eigenvalue weighted by atomic mass is 32.2. The van der Waals surface area contributed by atoms with Crippen LogP contribution in [0.1, 0.15) is 64.4 Å². The van der Waals surface area contributed by atoms with E-state index in [4.69, 9.17) is 0 Å². The van der Waals surface area contributed by atoms with Crippen molar-refractivity contribution < 1.29 is 8.42 Å². The van der Waals surface area contributed by atoms with Gasteiger partial charge in [0.05, 0.1) is 4.90 Å². The van der Waals surface area contributed by atoms with Crippen LogP contribution in [0, 0.1) is 6.92 Å². The maximum atomic E-state index is 12.3. The minimum Gasteiger partial charge on any atom is -0.199 e. The molecule has 23 heavy (non-hydrogen) atoms. The van der Waals surface area contributed by atoms with Crippen LogP contribution in [0.5, 0.6) is 0 Å². The van der Waals surface area contributed by atoms with Gasteiger partial charge in [0, 0.05) is 6.21 Å². The third kappa shape index (κ3) is 7.60. The molecule has 0 aliphatic rings. The first-order valence-electron chi connectivity index (χ1n) is 8.55. The van der Waals surface area contributed by atoms with Crippen LogP contribution in [0.4, 0.5) is 0 Å². The molecule has 128 valence electrons. The lowest BCUT2D eigenvalue weighted by Crippen LogP contribution is -1.98. The molecule has 0 amide bonds. The van der Waals surface area contributed by atoms with Gasteiger partial charge in [0.15, 0.2) is 0 Å². The molecule has 0 radical (unpaired) electrons. The van der Waals surface area contributed by atoms with Gasteiger partial charge in [-0.25, -0.2) is 0 Å². The van der Waals surface area contributed by atoms with Crippen molar-refractivity contribution in [1.29, 1.82) is 0 Å². The summed E-state index contributed by atoms with van der Waals surface area (Å²) in [5, 5.41) is 0. The van der Waals surface area contributed by atoms with Crippen molar-refractivity contribution in [2.75, 3.05) is 0 Å². The molecule has 0 N–H and O–H groups in total. The Bertz CT molecular complexity index is 613. The Balaban J connectivity index is 2.83. The number of nitrogens with zero attached hydrogens (tertiary/aromatic N) is 1. The van der Waals surface area contributed by atoms with Gasteiger partial charge >= 0.3 is 0 Å². The monoisotopic (exact) mass is 335 g/mol. The molecular weight excluding hydrogens is 306 g/mol. The summed E-state index contributed by atoms with van der Waals surface area (Å²) in [7, 11) is -3.60. The van der Waals surface area contributed by atoms with Gasteiger partial charge in [-0.3, -0.25) is 0 Å². The highest BCUT2D eigenvalue weighted by Crippen LogP contribution is 2.15. The van der Waals surface area contributed by atoms with Crippen LogP contribution < -0.4 is 0 Å². The molecule has 0 aliphatic carbocycles. The van der Waals surface area contributed by atoms with E-state index in [1.165, 1.54) is 19.1 Å². The lowest BCUT2D eigenvalue weighted by Gasteiger charge is -2.03. The first-order chi connectivity index (χ1) is 11.0. The van der Waals surface area contributed by atoms with E-state index < -0.39 is 10.0 Å². The molecule has 0 bridgehead atoms. The Hall–Kier alpha value is -1.42. The van der Waals surface area contributed by atoms with Crippen LogP contribution in [-0.2, 0) is 10.0 Å². The number of unbranched alkanes of at least 4 members (excludes halogenated alkanes) is 4. The highest BCUT2D eigenvalue weighted by molar-refractivity contribution is 7.90. The van der Waals surface area contributed by atoms with E-state index in [9.17, 15) is 8.42 Å². The Kier molecular flexibility index (Phi) is 8.85. The van der Waals surface area contributed by atoms with Crippen molar-refractivity contribution in [1.82, 2.24) is 0 Å². The van der Waals surface area contributed by atoms with Crippen molar-refractivity contribution in [3.63, 3.8) is 0 Å². The molecule has 0 aliphatic heterocycles. The minimum absolute atomic E-state index is 0.250. The molecule has 1 aromatic carbocycles. The molecule has 0 atom stereocenters. The smallest absolute Gasteiger partial charge is 0.199 e. The Morgan fingerprint density at radius 1 is 1.04 bits per heavy atom. The minimum atomic E-state index is -3.60. The van der Waals surface area contributed by atoms with Gasteiger partial charge in [-0.15, -0.1) is 0 Å². The molecule has 3 nitrogen and oxygen atoms in total. The molecule has 4 heteroatoms. The van der Waals surface area contributed by atoms with E-state index in [1.807, 2.05) is 6.92 Å². The van der Waals surface area contributed by atoms with E-state index >= 15 is 0 Å². The second-order valence-electron chi connectivity index (χ2n) is 5.90. The average Bonchev–Trinajstić information content (AvgIpc) is 2.53. The van der Waals surface area contributed by atoms with Gasteiger partial charge in [0.2, 0.25) is 0 Å². The van der Waals surface area contributed by atoms with Gasteiger partial charge in [-0.2, -0.15) is 12.8 Å². The molecule has 0 saturated heterocycles. The van der Waals surface area contributed by atoms with Crippen molar-refractivity contribution in [3.8, 4) is 0 Å². The third-order valence-corrected chi connectivity index (χ3v) is 4.96. The summed E-state index contributed by atoms with van der Waals surface area (Å²) in [6.45, 7) is 6.24. The van der Waals surface area contributed by atoms with Crippen molar-refractivity contribution in [3.05, 3.63) is 41.5 Å². The second-order valence-corrected chi connectivity index (χ2v) is 7.53. The fraction of sp³-hybridized carbons (Fsp3) is 0.526. The summed E-state index contributed by atoms with van der Waals surface area (Å²) in [4.78, 5) is 0.250. The van der Waals surface area contributed by atoms with Crippen LogP contribution in [-0.4, -0.2) is 14.6 Å². The van der Waals surface area contributed by atoms with Crippen molar-refractivity contribution in [2.45, 2.75) is 70.6 Å². The first-order valence-corrected chi connectivity index (χ1v) is 9.99. The van der Waals surface area contributed by atoms with Gasteiger partial charge in [-0.05, 0) is 50.3 Å². The predicted molar refractivity (Wildman–Crippen MR) is 98.6 cm³/mol. The lowest BCUT2D eigenvalue weighted by atomic mass is 10.1. The molecule has 0 saturated carbocycles. The first kappa shape index (κ1) is 19.6. The van der Waals surface area contributed by atoms with E-state index in [1.54, 1.807) is 24.3 Å². The number of rotatable bonds is 10. The van der Waals surface area contributed by atoms with Crippen LogP contribution in [0.25, 0.3) is 0 Å². The predicted octanol–water partition coefficient (Wildman–Crippen LogP) is 5.45. The summed E-state index contributed by atoms with van der Waals surface area (Å²) in [5.41, 5.74) is 2.06. The molecule has 0 spiro atoms. The fourth-order valence-electron chi connectivity index (χ4n) is 2.19. The standard InChI is InChI=1S/C19H29NO2S/c1-4-6-8-9-11-18(10-7-5-2)16-20-23(21,22)19-14-12-17(3)13-15-19/h11-16H,4-10H2,1-3H3/b18-11+,20-16+. The quantitative estimate of drug-likeness (QED) is 0.421.